The summed E-state index contributed by atoms with van der Waals surface area (Å²) >= 11 is 0. The molecule has 0 aromatic rings. The molecule has 5 nitrogen and oxygen atoms in total. The van der Waals surface area contributed by atoms with Crippen LogP contribution in [0, 0.1) is 0 Å². The van der Waals surface area contributed by atoms with E-state index < -0.39 is 27.3 Å². The predicted molar refractivity (Wildman–Crippen MR) is 58.0 cm³/mol. The van der Waals surface area contributed by atoms with Gasteiger partial charge in [-0.25, -0.2) is 0 Å². The Hall–Kier alpha value is -0.910. The Morgan fingerprint density at radius 1 is 1.33 bits per heavy atom. The van der Waals surface area contributed by atoms with E-state index in [4.69, 9.17) is 5.11 Å². The maximum Gasteiger partial charge on any atom is 0.319 e. The average molecular weight is 235 g/mol. The van der Waals surface area contributed by atoms with Gasteiger partial charge in [0, 0.05) is 17.3 Å². The van der Waals surface area contributed by atoms with Crippen molar-refractivity contribution in [3.63, 3.8) is 0 Å². The van der Waals surface area contributed by atoms with Crippen molar-refractivity contribution < 1.29 is 18.9 Å². The van der Waals surface area contributed by atoms with E-state index in [2.05, 4.69) is 5.32 Å². The van der Waals surface area contributed by atoms with Crippen molar-refractivity contribution >= 4 is 22.7 Å². The third-order valence-corrected chi connectivity index (χ3v) is 3.77. The summed E-state index contributed by atoms with van der Waals surface area (Å²) in [7, 11) is -1.68. The molecule has 0 heterocycles. The number of carbonyl (C=O) groups is 2. The fourth-order valence-corrected chi connectivity index (χ4v) is 2.01. The van der Waals surface area contributed by atoms with Gasteiger partial charge in [0.1, 0.15) is 10.5 Å². The molecule has 0 bridgehead atoms. The van der Waals surface area contributed by atoms with Crippen molar-refractivity contribution in [3.8, 4) is 0 Å². The highest BCUT2D eigenvalue weighted by atomic mass is 32.2. The van der Waals surface area contributed by atoms with Gasteiger partial charge in [0.05, 0.1) is 0 Å². The van der Waals surface area contributed by atoms with Gasteiger partial charge in [0.2, 0.25) is 5.91 Å². The van der Waals surface area contributed by atoms with Crippen LogP contribution in [0.4, 0.5) is 0 Å². The van der Waals surface area contributed by atoms with Crippen LogP contribution in [0.3, 0.4) is 0 Å². The molecule has 88 valence electrons. The van der Waals surface area contributed by atoms with Crippen molar-refractivity contribution in [1.82, 2.24) is 5.32 Å². The van der Waals surface area contributed by atoms with Gasteiger partial charge in [-0.1, -0.05) is 6.92 Å². The number of nitrogens with one attached hydrogen (secondary N) is 1. The summed E-state index contributed by atoms with van der Waals surface area (Å²) in [6.45, 7) is 5.23. The number of aliphatic carboxylic acids is 1. The first-order valence-electron chi connectivity index (χ1n) is 4.81. The van der Waals surface area contributed by atoms with Gasteiger partial charge in [0.15, 0.2) is 0 Å². The largest absolute Gasteiger partial charge is 0.480 e. The van der Waals surface area contributed by atoms with Crippen LogP contribution in [0.2, 0.25) is 0 Å². The monoisotopic (exact) mass is 235 g/mol. The molecule has 0 aromatic heterocycles. The highest BCUT2D eigenvalue weighted by molar-refractivity contribution is 7.87. The lowest BCUT2D eigenvalue weighted by Gasteiger charge is -2.13. The van der Waals surface area contributed by atoms with Gasteiger partial charge >= 0.3 is 5.97 Å². The van der Waals surface area contributed by atoms with Crippen LogP contribution in [0.5, 0.6) is 0 Å². The summed E-state index contributed by atoms with van der Waals surface area (Å²) in [6, 6.07) is 0. The summed E-state index contributed by atoms with van der Waals surface area (Å²) in [5.74, 6) is -1.51. The number of carboxylic acid groups (broad SMARTS) is 1. The van der Waals surface area contributed by atoms with Crippen LogP contribution in [-0.4, -0.2) is 38.2 Å². The van der Waals surface area contributed by atoms with E-state index in [0.717, 1.165) is 6.42 Å². The van der Waals surface area contributed by atoms with Gasteiger partial charge in [-0.05, 0) is 20.3 Å². The molecule has 3 unspecified atom stereocenters. The molecule has 15 heavy (non-hydrogen) atoms. The van der Waals surface area contributed by atoms with E-state index in [9.17, 15) is 13.8 Å². The van der Waals surface area contributed by atoms with Crippen LogP contribution in [0.15, 0.2) is 0 Å². The lowest BCUT2D eigenvalue weighted by atomic mass is 10.4. The standard InChI is InChI=1S/C9H17NO4S/c1-4-5-10-8(11)6(2)15(14)7(3)9(12)13/h6-7H,4-5H2,1-3H3,(H,10,11)(H,12,13). The molecule has 0 saturated carbocycles. The Labute approximate surface area is 91.7 Å². The van der Waals surface area contributed by atoms with Crippen LogP contribution in [-0.2, 0) is 20.4 Å². The molecule has 0 fully saturated rings. The first-order valence-corrected chi connectivity index (χ1v) is 6.09. The lowest BCUT2D eigenvalue weighted by Crippen LogP contribution is -2.40. The van der Waals surface area contributed by atoms with Gasteiger partial charge in [-0.15, -0.1) is 0 Å². The van der Waals surface area contributed by atoms with E-state index in [0.29, 0.717) is 6.54 Å². The van der Waals surface area contributed by atoms with E-state index >= 15 is 0 Å². The summed E-state index contributed by atoms with van der Waals surface area (Å²) in [5.41, 5.74) is 0. The van der Waals surface area contributed by atoms with Gasteiger partial charge in [-0.2, -0.15) is 0 Å². The molecule has 0 aliphatic heterocycles. The first kappa shape index (κ1) is 14.1. The van der Waals surface area contributed by atoms with Crippen molar-refractivity contribution in [2.24, 2.45) is 0 Å². The van der Waals surface area contributed by atoms with Crippen LogP contribution in [0.1, 0.15) is 27.2 Å². The van der Waals surface area contributed by atoms with Gasteiger partial charge in [-0.3, -0.25) is 13.8 Å². The molecule has 0 spiro atoms. The molecule has 0 rings (SSSR count). The van der Waals surface area contributed by atoms with Gasteiger partial charge in [0.25, 0.3) is 0 Å². The number of rotatable bonds is 6. The van der Waals surface area contributed by atoms with Crippen molar-refractivity contribution in [1.29, 1.82) is 0 Å². The minimum absolute atomic E-state index is 0.358. The maximum absolute atomic E-state index is 11.6. The molecule has 0 saturated heterocycles. The Morgan fingerprint density at radius 3 is 2.27 bits per heavy atom. The number of carbonyl (C=O) groups excluding carboxylic acids is 1. The minimum atomic E-state index is -1.68. The second-order valence-electron chi connectivity index (χ2n) is 3.24. The summed E-state index contributed by atoms with van der Waals surface area (Å²) in [6.07, 6.45) is 0.791. The van der Waals surface area contributed by atoms with E-state index in [-0.39, 0.29) is 5.91 Å². The topological polar surface area (TPSA) is 83.5 Å². The van der Waals surface area contributed by atoms with Crippen LogP contribution < -0.4 is 5.32 Å². The molecule has 3 atom stereocenters. The Kier molecular flexibility index (Phi) is 6.15. The molecule has 0 radical (unpaired) electrons. The Morgan fingerprint density at radius 2 is 1.87 bits per heavy atom. The second kappa shape index (κ2) is 6.55. The molecular weight excluding hydrogens is 218 g/mol. The highest BCUT2D eigenvalue weighted by Crippen LogP contribution is 2.04. The molecule has 1 amide bonds. The predicted octanol–water partition coefficient (Wildman–Crippen LogP) is 0.123. The van der Waals surface area contributed by atoms with E-state index in [1.165, 1.54) is 13.8 Å². The number of hydrogen-bond acceptors (Lipinski definition) is 3. The number of hydrogen-bond donors (Lipinski definition) is 2. The zero-order valence-corrected chi connectivity index (χ0v) is 9.97. The minimum Gasteiger partial charge on any atom is -0.480 e. The van der Waals surface area contributed by atoms with Crippen molar-refractivity contribution in [2.45, 2.75) is 37.7 Å². The lowest BCUT2D eigenvalue weighted by molar-refractivity contribution is -0.136. The normalized spacial score (nSPS) is 16.5. The number of carboxylic acids is 1. The molecule has 2 N–H and O–H groups in total. The first-order chi connectivity index (χ1) is 6.91. The zero-order chi connectivity index (χ0) is 12.0. The quantitative estimate of drug-likeness (QED) is 0.685. The SMILES string of the molecule is CCCNC(=O)C(C)S(=O)C(C)C(=O)O. The smallest absolute Gasteiger partial charge is 0.319 e. The highest BCUT2D eigenvalue weighted by Gasteiger charge is 2.28. The Bertz CT molecular complexity index is 267. The average Bonchev–Trinajstić information content (AvgIpc) is 2.22. The van der Waals surface area contributed by atoms with Crippen LogP contribution >= 0.6 is 0 Å². The fourth-order valence-electron chi connectivity index (χ4n) is 0.903. The summed E-state index contributed by atoms with van der Waals surface area (Å²) < 4.78 is 11.6. The van der Waals surface area contributed by atoms with Crippen molar-refractivity contribution in [3.05, 3.63) is 0 Å². The molecule has 0 aliphatic carbocycles. The zero-order valence-electron chi connectivity index (χ0n) is 9.15. The Balaban J connectivity index is 4.31. The third kappa shape index (κ3) is 4.42. The second-order valence-corrected chi connectivity index (χ2v) is 5.31. The molecule has 0 aromatic carbocycles. The molecule has 0 aliphatic rings. The van der Waals surface area contributed by atoms with Crippen LogP contribution in [0.25, 0.3) is 0 Å². The summed E-state index contributed by atoms with van der Waals surface area (Å²) in [5, 5.41) is 9.41. The molecular formula is C9H17NO4S. The maximum atomic E-state index is 11.6. The fraction of sp³-hybridized carbons (Fsp3) is 0.778. The molecule has 6 heteroatoms. The third-order valence-electron chi connectivity index (χ3n) is 1.96. The van der Waals surface area contributed by atoms with Gasteiger partial charge < -0.3 is 10.4 Å². The summed E-state index contributed by atoms with van der Waals surface area (Å²) in [4.78, 5) is 21.9. The van der Waals surface area contributed by atoms with E-state index in [1.54, 1.807) is 0 Å². The van der Waals surface area contributed by atoms with Crippen molar-refractivity contribution in [2.75, 3.05) is 6.54 Å². The number of amides is 1. The van der Waals surface area contributed by atoms with E-state index in [1.807, 2.05) is 6.92 Å².